The maximum atomic E-state index is 12.0. The predicted molar refractivity (Wildman–Crippen MR) is 82.9 cm³/mol. The molecule has 1 N–H and O–H groups in total. The lowest BCUT2D eigenvalue weighted by Gasteiger charge is -2.05. The van der Waals surface area contributed by atoms with Gasteiger partial charge in [-0.15, -0.1) is 10.2 Å². The first-order chi connectivity index (χ1) is 9.61. The molecule has 0 unspecified atom stereocenters. The van der Waals surface area contributed by atoms with Crippen LogP contribution in [0.1, 0.15) is 5.01 Å². The van der Waals surface area contributed by atoms with E-state index in [9.17, 15) is 4.79 Å². The van der Waals surface area contributed by atoms with Gasteiger partial charge in [-0.25, -0.2) is 0 Å². The zero-order valence-corrected chi connectivity index (χ0v) is 13.0. The number of anilines is 1. The predicted octanol–water partition coefficient (Wildman–Crippen LogP) is 3.20. The van der Waals surface area contributed by atoms with E-state index in [-0.39, 0.29) is 12.5 Å². The molecule has 3 aromatic rings. The average molecular weight is 351 g/mol. The quantitative estimate of drug-likeness (QED) is 0.788. The summed E-state index contributed by atoms with van der Waals surface area (Å²) in [7, 11) is 0. The molecule has 1 amide bonds. The standard InChI is InChI=1S/C13H11BrN4OS/c1-8-16-17-13(20-8)15-12(19)7-18-5-4-9-6-10(14)2-3-11(9)18/h2-6H,7H2,1H3,(H,15,17,19). The molecule has 0 saturated carbocycles. The van der Waals surface area contributed by atoms with E-state index in [1.807, 2.05) is 42.0 Å². The normalized spacial score (nSPS) is 10.9. The molecule has 0 spiro atoms. The van der Waals surface area contributed by atoms with Gasteiger partial charge in [0, 0.05) is 21.6 Å². The second-order valence-corrected chi connectivity index (χ2v) is 6.42. The summed E-state index contributed by atoms with van der Waals surface area (Å²) >= 11 is 4.80. The van der Waals surface area contributed by atoms with Crippen LogP contribution in [-0.4, -0.2) is 20.7 Å². The molecule has 2 heterocycles. The van der Waals surface area contributed by atoms with Crippen molar-refractivity contribution in [1.29, 1.82) is 0 Å². The number of hydrogen-bond acceptors (Lipinski definition) is 4. The largest absolute Gasteiger partial charge is 0.338 e. The fraction of sp³-hybridized carbons (Fsp3) is 0.154. The lowest BCUT2D eigenvalue weighted by molar-refractivity contribution is -0.116. The van der Waals surface area contributed by atoms with E-state index >= 15 is 0 Å². The van der Waals surface area contributed by atoms with E-state index in [1.165, 1.54) is 11.3 Å². The summed E-state index contributed by atoms with van der Waals surface area (Å²) in [6, 6.07) is 7.97. The number of aromatic nitrogens is 3. The van der Waals surface area contributed by atoms with Crippen molar-refractivity contribution < 1.29 is 4.79 Å². The van der Waals surface area contributed by atoms with E-state index in [0.29, 0.717) is 5.13 Å². The first-order valence-electron chi connectivity index (χ1n) is 5.96. The van der Waals surface area contributed by atoms with Crippen LogP contribution in [0.25, 0.3) is 10.9 Å². The van der Waals surface area contributed by atoms with Gasteiger partial charge in [-0.1, -0.05) is 27.3 Å². The van der Waals surface area contributed by atoms with Gasteiger partial charge in [-0.05, 0) is 31.2 Å². The molecule has 3 rings (SSSR count). The van der Waals surface area contributed by atoms with Gasteiger partial charge in [0.05, 0.1) is 0 Å². The highest BCUT2D eigenvalue weighted by molar-refractivity contribution is 9.10. The molecule has 0 saturated heterocycles. The minimum atomic E-state index is -0.110. The van der Waals surface area contributed by atoms with Crippen LogP contribution in [-0.2, 0) is 11.3 Å². The maximum Gasteiger partial charge on any atom is 0.246 e. The van der Waals surface area contributed by atoms with Gasteiger partial charge in [-0.2, -0.15) is 0 Å². The monoisotopic (exact) mass is 350 g/mol. The molecule has 0 aliphatic carbocycles. The fourth-order valence-electron chi connectivity index (χ4n) is 1.97. The Morgan fingerprint density at radius 1 is 1.40 bits per heavy atom. The molecule has 0 radical (unpaired) electrons. The van der Waals surface area contributed by atoms with Crippen molar-refractivity contribution in [2.24, 2.45) is 0 Å². The van der Waals surface area contributed by atoms with Gasteiger partial charge >= 0.3 is 0 Å². The van der Waals surface area contributed by atoms with Crippen LogP contribution in [0, 0.1) is 6.92 Å². The van der Waals surface area contributed by atoms with Crippen molar-refractivity contribution in [3.8, 4) is 0 Å². The number of benzene rings is 1. The van der Waals surface area contributed by atoms with Crippen LogP contribution >= 0.6 is 27.3 Å². The number of carbonyl (C=O) groups excluding carboxylic acids is 1. The van der Waals surface area contributed by atoms with Gasteiger partial charge in [0.15, 0.2) is 0 Å². The van der Waals surface area contributed by atoms with Crippen molar-refractivity contribution in [1.82, 2.24) is 14.8 Å². The highest BCUT2D eigenvalue weighted by Crippen LogP contribution is 2.21. The third-order valence-corrected chi connectivity index (χ3v) is 4.07. The zero-order chi connectivity index (χ0) is 14.1. The fourth-order valence-corrected chi connectivity index (χ4v) is 2.96. The van der Waals surface area contributed by atoms with Crippen molar-refractivity contribution >= 4 is 49.2 Å². The zero-order valence-electron chi connectivity index (χ0n) is 10.6. The van der Waals surface area contributed by atoms with Crippen molar-refractivity contribution in [2.75, 3.05) is 5.32 Å². The lowest BCUT2D eigenvalue weighted by Crippen LogP contribution is -2.18. The number of carbonyl (C=O) groups is 1. The number of amides is 1. The summed E-state index contributed by atoms with van der Waals surface area (Å²) in [6.07, 6.45) is 1.90. The summed E-state index contributed by atoms with van der Waals surface area (Å²) in [6.45, 7) is 2.11. The van der Waals surface area contributed by atoms with Crippen LogP contribution in [0.3, 0.4) is 0 Å². The Kier molecular flexibility index (Phi) is 3.54. The van der Waals surface area contributed by atoms with E-state index < -0.39 is 0 Å². The first kappa shape index (κ1) is 13.3. The number of rotatable bonds is 3. The van der Waals surface area contributed by atoms with Crippen LogP contribution in [0.2, 0.25) is 0 Å². The second kappa shape index (κ2) is 5.34. The summed E-state index contributed by atoms with van der Waals surface area (Å²) < 4.78 is 2.93. The summed E-state index contributed by atoms with van der Waals surface area (Å²) in [5.41, 5.74) is 1.02. The van der Waals surface area contributed by atoms with E-state index in [2.05, 4.69) is 31.4 Å². The van der Waals surface area contributed by atoms with Crippen LogP contribution in [0.4, 0.5) is 5.13 Å². The minimum Gasteiger partial charge on any atom is -0.338 e. The Labute approximate surface area is 127 Å². The molecule has 0 bridgehead atoms. The Morgan fingerprint density at radius 3 is 3.00 bits per heavy atom. The van der Waals surface area contributed by atoms with Crippen LogP contribution in [0.5, 0.6) is 0 Å². The molecule has 1 aromatic carbocycles. The minimum absolute atomic E-state index is 0.110. The van der Waals surface area contributed by atoms with Gasteiger partial charge in [0.1, 0.15) is 11.6 Å². The Morgan fingerprint density at radius 2 is 2.25 bits per heavy atom. The molecule has 0 atom stereocenters. The summed E-state index contributed by atoms with van der Waals surface area (Å²) in [5, 5.41) is 13.0. The molecule has 0 fully saturated rings. The summed E-state index contributed by atoms with van der Waals surface area (Å²) in [5.74, 6) is -0.110. The van der Waals surface area contributed by atoms with Crippen LogP contribution < -0.4 is 5.32 Å². The van der Waals surface area contributed by atoms with Crippen molar-refractivity contribution in [2.45, 2.75) is 13.5 Å². The van der Waals surface area contributed by atoms with Crippen molar-refractivity contribution in [3.05, 3.63) is 39.9 Å². The Bertz CT molecular complexity index is 780. The van der Waals surface area contributed by atoms with Gasteiger partial charge < -0.3 is 4.57 Å². The third kappa shape index (κ3) is 2.73. The molecule has 5 nitrogen and oxygen atoms in total. The van der Waals surface area contributed by atoms with Gasteiger partial charge in [0.2, 0.25) is 11.0 Å². The number of fused-ring (bicyclic) bond motifs is 1. The molecular weight excluding hydrogens is 340 g/mol. The Balaban J connectivity index is 1.77. The maximum absolute atomic E-state index is 12.0. The van der Waals surface area contributed by atoms with E-state index in [1.54, 1.807) is 0 Å². The number of hydrogen-bond donors (Lipinski definition) is 1. The molecule has 102 valence electrons. The second-order valence-electron chi connectivity index (χ2n) is 4.32. The smallest absolute Gasteiger partial charge is 0.246 e. The SMILES string of the molecule is Cc1nnc(NC(=O)Cn2ccc3cc(Br)ccc32)s1. The first-order valence-corrected chi connectivity index (χ1v) is 7.57. The third-order valence-electron chi connectivity index (χ3n) is 2.82. The van der Waals surface area contributed by atoms with E-state index in [4.69, 9.17) is 0 Å². The number of aryl methyl sites for hydroxylation is 1. The molecule has 0 aliphatic rings. The van der Waals surface area contributed by atoms with Gasteiger partial charge in [0.25, 0.3) is 0 Å². The van der Waals surface area contributed by atoms with Crippen LogP contribution in [0.15, 0.2) is 34.9 Å². The molecular formula is C13H11BrN4OS. The summed E-state index contributed by atoms with van der Waals surface area (Å²) in [4.78, 5) is 12.0. The topological polar surface area (TPSA) is 59.8 Å². The lowest BCUT2D eigenvalue weighted by atomic mass is 10.2. The number of nitrogens with one attached hydrogen (secondary N) is 1. The molecule has 20 heavy (non-hydrogen) atoms. The molecule has 2 aromatic heterocycles. The highest BCUT2D eigenvalue weighted by Gasteiger charge is 2.09. The Hall–Kier alpha value is -1.73. The van der Waals surface area contributed by atoms with E-state index in [0.717, 1.165) is 20.4 Å². The molecule has 0 aliphatic heterocycles. The van der Waals surface area contributed by atoms with Gasteiger partial charge in [-0.3, -0.25) is 10.1 Å². The number of halogens is 1. The highest BCUT2D eigenvalue weighted by atomic mass is 79.9. The molecule has 7 heteroatoms. The van der Waals surface area contributed by atoms with Crippen molar-refractivity contribution in [3.63, 3.8) is 0 Å². The average Bonchev–Trinajstić information content (AvgIpc) is 2.96. The number of nitrogens with zero attached hydrogens (tertiary/aromatic N) is 3.